The van der Waals surface area contributed by atoms with E-state index in [2.05, 4.69) is 10.2 Å². The van der Waals surface area contributed by atoms with Gasteiger partial charge in [-0.2, -0.15) is 0 Å². The van der Waals surface area contributed by atoms with E-state index in [1.165, 1.54) is 36.0 Å². The third-order valence-electron chi connectivity index (χ3n) is 2.41. The fourth-order valence-corrected chi connectivity index (χ4v) is 2.02. The number of carbonyl (C=O) groups is 1. The van der Waals surface area contributed by atoms with Gasteiger partial charge in [-0.05, 0) is 24.3 Å². The first kappa shape index (κ1) is 13.7. The molecular formula is C13H13FN2O2S. The fourth-order valence-electron chi connectivity index (χ4n) is 1.36. The van der Waals surface area contributed by atoms with E-state index in [9.17, 15) is 9.18 Å². The molecule has 0 aliphatic rings. The molecular weight excluding hydrogens is 267 g/mol. The Morgan fingerprint density at radius 2 is 2.00 bits per heavy atom. The van der Waals surface area contributed by atoms with Crippen LogP contribution < -0.4 is 0 Å². The molecule has 19 heavy (non-hydrogen) atoms. The molecule has 0 radical (unpaired) electrons. The van der Waals surface area contributed by atoms with E-state index >= 15 is 0 Å². The van der Waals surface area contributed by atoms with Gasteiger partial charge in [0.15, 0.2) is 5.78 Å². The molecule has 2 rings (SSSR count). The topological polar surface area (TPSA) is 56.0 Å². The Hall–Kier alpha value is -1.69. The molecule has 4 nitrogen and oxygen atoms in total. The van der Waals surface area contributed by atoms with Crippen LogP contribution >= 0.6 is 11.8 Å². The van der Waals surface area contributed by atoms with E-state index < -0.39 is 0 Å². The third-order valence-corrected chi connectivity index (χ3v) is 3.23. The molecule has 0 fully saturated rings. The predicted octanol–water partition coefficient (Wildman–Crippen LogP) is 3.31. The van der Waals surface area contributed by atoms with E-state index in [0.717, 1.165) is 0 Å². The number of ketones is 1. The highest BCUT2D eigenvalue weighted by Gasteiger charge is 2.12. The first-order valence-corrected chi connectivity index (χ1v) is 6.80. The molecule has 1 aromatic carbocycles. The van der Waals surface area contributed by atoms with Crippen molar-refractivity contribution in [3.63, 3.8) is 0 Å². The van der Waals surface area contributed by atoms with Gasteiger partial charge in [0.2, 0.25) is 5.89 Å². The highest BCUT2D eigenvalue weighted by molar-refractivity contribution is 7.99. The van der Waals surface area contributed by atoms with Crippen LogP contribution in [0.5, 0.6) is 0 Å². The summed E-state index contributed by atoms with van der Waals surface area (Å²) in [4.78, 5) is 11.8. The molecule has 0 saturated carbocycles. The Bertz CT molecular complexity index is 566. The number of hydrogen-bond acceptors (Lipinski definition) is 5. The molecule has 0 unspecified atom stereocenters. The number of aromatic nitrogens is 2. The fraction of sp³-hybridized carbons (Fsp3) is 0.308. The molecule has 0 saturated heterocycles. The second-order valence-electron chi connectivity index (χ2n) is 4.28. The van der Waals surface area contributed by atoms with Gasteiger partial charge < -0.3 is 4.42 Å². The van der Waals surface area contributed by atoms with Crippen molar-refractivity contribution in [2.45, 2.75) is 25.0 Å². The van der Waals surface area contributed by atoms with Gasteiger partial charge >= 0.3 is 0 Å². The van der Waals surface area contributed by atoms with Crippen molar-refractivity contribution in [3.8, 4) is 0 Å². The third kappa shape index (κ3) is 3.64. The molecule has 0 aliphatic carbocycles. The van der Waals surface area contributed by atoms with Gasteiger partial charge in [0, 0.05) is 11.5 Å². The van der Waals surface area contributed by atoms with Crippen LogP contribution in [0.1, 0.15) is 36.0 Å². The van der Waals surface area contributed by atoms with Crippen LogP contribution in [0.15, 0.2) is 33.9 Å². The first-order chi connectivity index (χ1) is 9.06. The van der Waals surface area contributed by atoms with Gasteiger partial charge in [-0.3, -0.25) is 4.79 Å². The zero-order valence-corrected chi connectivity index (χ0v) is 11.4. The maximum Gasteiger partial charge on any atom is 0.277 e. The minimum absolute atomic E-state index is 0.103. The molecule has 2 aromatic rings. The van der Waals surface area contributed by atoms with Crippen molar-refractivity contribution in [2.24, 2.45) is 0 Å². The number of carbonyl (C=O) groups excluding carboxylic acids is 1. The average Bonchev–Trinajstić information content (AvgIpc) is 2.86. The molecule has 1 heterocycles. The molecule has 0 N–H and O–H groups in total. The van der Waals surface area contributed by atoms with Crippen molar-refractivity contribution < 1.29 is 13.6 Å². The Labute approximate surface area is 114 Å². The minimum atomic E-state index is -0.359. The lowest BCUT2D eigenvalue weighted by molar-refractivity contribution is 0.102. The zero-order valence-electron chi connectivity index (χ0n) is 10.6. The van der Waals surface area contributed by atoms with Crippen molar-refractivity contribution in [1.29, 1.82) is 0 Å². The summed E-state index contributed by atoms with van der Waals surface area (Å²) in [6.07, 6.45) is 0. The van der Waals surface area contributed by atoms with Crippen LogP contribution in [0, 0.1) is 5.82 Å². The highest BCUT2D eigenvalue weighted by atomic mass is 32.2. The normalized spacial score (nSPS) is 10.9. The Morgan fingerprint density at radius 3 is 2.58 bits per heavy atom. The summed E-state index contributed by atoms with van der Waals surface area (Å²) in [7, 11) is 0. The Balaban J connectivity index is 1.94. The standard InChI is InChI=1S/C13H13FN2O2S/c1-8(2)12-15-16-13(18-12)19-7-11(17)9-3-5-10(14)6-4-9/h3-6,8H,7H2,1-2H3. The van der Waals surface area contributed by atoms with Gasteiger partial charge in [-0.15, -0.1) is 10.2 Å². The lowest BCUT2D eigenvalue weighted by Gasteiger charge is -1.98. The predicted molar refractivity (Wildman–Crippen MR) is 69.8 cm³/mol. The van der Waals surface area contributed by atoms with E-state index in [1.54, 1.807) is 0 Å². The molecule has 1 aromatic heterocycles. The number of thioether (sulfide) groups is 1. The van der Waals surface area contributed by atoms with Crippen molar-refractivity contribution >= 4 is 17.5 Å². The summed E-state index contributed by atoms with van der Waals surface area (Å²) >= 11 is 1.18. The van der Waals surface area contributed by atoms with E-state index in [0.29, 0.717) is 16.7 Å². The van der Waals surface area contributed by atoms with Gasteiger partial charge in [0.25, 0.3) is 5.22 Å². The Kier molecular flexibility index (Phi) is 4.31. The molecule has 6 heteroatoms. The summed E-state index contributed by atoms with van der Waals surface area (Å²) in [5.74, 6) is 0.439. The van der Waals surface area contributed by atoms with E-state index in [4.69, 9.17) is 4.42 Å². The monoisotopic (exact) mass is 280 g/mol. The van der Waals surface area contributed by atoms with Crippen LogP contribution in [-0.2, 0) is 0 Å². The minimum Gasteiger partial charge on any atom is -0.416 e. The summed E-state index contributed by atoms with van der Waals surface area (Å²) in [6.45, 7) is 3.90. The van der Waals surface area contributed by atoms with Gasteiger partial charge in [0.05, 0.1) is 5.75 Å². The largest absolute Gasteiger partial charge is 0.416 e. The SMILES string of the molecule is CC(C)c1nnc(SCC(=O)c2ccc(F)cc2)o1. The summed E-state index contributed by atoms with van der Waals surface area (Å²) < 4.78 is 18.1. The molecule has 0 spiro atoms. The van der Waals surface area contributed by atoms with Crippen molar-refractivity contribution in [2.75, 3.05) is 5.75 Å². The second kappa shape index (κ2) is 5.97. The van der Waals surface area contributed by atoms with Gasteiger partial charge in [-0.25, -0.2) is 4.39 Å². The highest BCUT2D eigenvalue weighted by Crippen LogP contribution is 2.21. The summed E-state index contributed by atoms with van der Waals surface area (Å²) in [5, 5.41) is 8.11. The lowest BCUT2D eigenvalue weighted by atomic mass is 10.1. The van der Waals surface area contributed by atoms with Crippen molar-refractivity contribution in [3.05, 3.63) is 41.5 Å². The average molecular weight is 280 g/mol. The van der Waals surface area contributed by atoms with Crippen LogP contribution in [0.4, 0.5) is 4.39 Å². The number of benzene rings is 1. The molecule has 0 aliphatic heterocycles. The molecule has 0 amide bonds. The summed E-state index contributed by atoms with van der Waals surface area (Å²) in [5.41, 5.74) is 0.470. The number of halogens is 1. The molecule has 100 valence electrons. The maximum atomic E-state index is 12.7. The number of rotatable bonds is 5. The number of nitrogens with zero attached hydrogens (tertiary/aromatic N) is 2. The lowest BCUT2D eigenvalue weighted by Crippen LogP contribution is -2.02. The molecule has 0 bridgehead atoms. The van der Waals surface area contributed by atoms with Crippen molar-refractivity contribution in [1.82, 2.24) is 10.2 Å². The quantitative estimate of drug-likeness (QED) is 0.621. The molecule has 0 atom stereocenters. The van der Waals surface area contributed by atoms with Gasteiger partial charge in [0.1, 0.15) is 5.82 Å². The maximum absolute atomic E-state index is 12.7. The Morgan fingerprint density at radius 1 is 1.32 bits per heavy atom. The van der Waals surface area contributed by atoms with Crippen LogP contribution in [-0.4, -0.2) is 21.7 Å². The van der Waals surface area contributed by atoms with E-state index in [1.807, 2.05) is 13.8 Å². The first-order valence-electron chi connectivity index (χ1n) is 5.81. The number of Topliss-reactive ketones (excluding diaryl/α,β-unsaturated/α-hetero) is 1. The van der Waals surface area contributed by atoms with Crippen LogP contribution in [0.25, 0.3) is 0 Å². The van der Waals surface area contributed by atoms with E-state index in [-0.39, 0.29) is 23.3 Å². The van der Waals surface area contributed by atoms with Crippen LogP contribution in [0.2, 0.25) is 0 Å². The second-order valence-corrected chi connectivity index (χ2v) is 5.21. The van der Waals surface area contributed by atoms with Crippen LogP contribution in [0.3, 0.4) is 0 Å². The number of hydrogen-bond donors (Lipinski definition) is 0. The smallest absolute Gasteiger partial charge is 0.277 e. The van der Waals surface area contributed by atoms with Gasteiger partial charge in [-0.1, -0.05) is 25.6 Å². The summed E-state index contributed by atoms with van der Waals surface area (Å²) in [6, 6.07) is 5.46. The zero-order chi connectivity index (χ0) is 13.8.